The molecule has 0 spiro atoms. The molecule has 1 aliphatic heterocycles. The number of aromatic nitrogens is 1. The van der Waals surface area contributed by atoms with E-state index in [9.17, 15) is 4.39 Å². The Balaban J connectivity index is 1.88. The van der Waals surface area contributed by atoms with Crippen LogP contribution in [0.4, 0.5) is 4.39 Å². The Labute approximate surface area is 119 Å². The smallest absolute Gasteiger partial charge is 0.398 e. The molecule has 1 saturated carbocycles. The lowest BCUT2D eigenvalue weighted by Crippen LogP contribution is -2.41. The zero-order chi connectivity index (χ0) is 14.8. The van der Waals surface area contributed by atoms with Crippen molar-refractivity contribution in [3.05, 3.63) is 23.6 Å². The van der Waals surface area contributed by atoms with Crippen LogP contribution in [0.1, 0.15) is 46.1 Å². The van der Waals surface area contributed by atoms with Crippen molar-refractivity contribution in [1.82, 2.24) is 4.98 Å². The second kappa shape index (κ2) is 4.03. The molecule has 4 nitrogen and oxygen atoms in total. The summed E-state index contributed by atoms with van der Waals surface area (Å²) in [6.45, 7) is 7.82. The number of hydrogen-bond donors (Lipinski definition) is 1. The SMILES string of the molecule is CC1(C)OB(c2ccc(C3(N)CC3)c(F)n2)OC1(C)C. The van der Waals surface area contributed by atoms with Crippen LogP contribution in [0, 0.1) is 5.95 Å². The Morgan fingerprint density at radius 2 is 1.70 bits per heavy atom. The van der Waals surface area contributed by atoms with E-state index in [-0.39, 0.29) is 0 Å². The minimum Gasteiger partial charge on any atom is -0.398 e. The summed E-state index contributed by atoms with van der Waals surface area (Å²) in [5, 5.41) is 0. The number of nitrogens with zero attached hydrogens (tertiary/aromatic N) is 1. The molecule has 20 heavy (non-hydrogen) atoms. The number of halogens is 1. The van der Waals surface area contributed by atoms with E-state index in [2.05, 4.69) is 4.98 Å². The highest BCUT2D eigenvalue weighted by Gasteiger charge is 2.52. The Morgan fingerprint density at radius 1 is 1.15 bits per heavy atom. The molecule has 1 aromatic heterocycles. The molecule has 0 radical (unpaired) electrons. The second-order valence-corrected chi connectivity index (χ2v) is 6.82. The fourth-order valence-corrected chi connectivity index (χ4v) is 2.32. The first kappa shape index (κ1) is 14.0. The van der Waals surface area contributed by atoms with Crippen molar-refractivity contribution in [2.24, 2.45) is 5.73 Å². The van der Waals surface area contributed by atoms with Crippen molar-refractivity contribution in [2.75, 3.05) is 0 Å². The largest absolute Gasteiger partial charge is 0.514 e. The van der Waals surface area contributed by atoms with Gasteiger partial charge in [0.15, 0.2) is 0 Å². The highest BCUT2D eigenvalue weighted by Crippen LogP contribution is 2.43. The lowest BCUT2D eigenvalue weighted by atomic mass is 9.83. The van der Waals surface area contributed by atoms with Gasteiger partial charge in [0.05, 0.1) is 16.8 Å². The van der Waals surface area contributed by atoms with Gasteiger partial charge >= 0.3 is 7.12 Å². The molecule has 2 heterocycles. The van der Waals surface area contributed by atoms with Crippen LogP contribution >= 0.6 is 0 Å². The molecule has 1 saturated heterocycles. The van der Waals surface area contributed by atoms with Crippen LogP contribution in [0.15, 0.2) is 12.1 Å². The summed E-state index contributed by atoms with van der Waals surface area (Å²) < 4.78 is 25.8. The molecule has 108 valence electrons. The maximum absolute atomic E-state index is 14.1. The van der Waals surface area contributed by atoms with Crippen molar-refractivity contribution in [3.8, 4) is 0 Å². The normalized spacial score (nSPS) is 25.8. The van der Waals surface area contributed by atoms with E-state index in [1.54, 1.807) is 12.1 Å². The van der Waals surface area contributed by atoms with E-state index in [0.717, 1.165) is 12.8 Å². The molecule has 0 aromatic carbocycles. The number of nitrogens with two attached hydrogens (primary N) is 1. The quantitative estimate of drug-likeness (QED) is 0.657. The highest BCUT2D eigenvalue weighted by atomic mass is 19.1. The maximum atomic E-state index is 14.1. The maximum Gasteiger partial charge on any atom is 0.514 e. The van der Waals surface area contributed by atoms with E-state index in [1.807, 2.05) is 27.7 Å². The van der Waals surface area contributed by atoms with Crippen LogP contribution in [0.3, 0.4) is 0 Å². The summed E-state index contributed by atoms with van der Waals surface area (Å²) in [5.74, 6) is -0.516. The predicted octanol–water partition coefficient (Wildman–Crippen LogP) is 1.47. The minimum absolute atomic E-state index is 0.453. The molecule has 0 bridgehead atoms. The second-order valence-electron chi connectivity index (χ2n) is 6.82. The van der Waals surface area contributed by atoms with E-state index in [0.29, 0.717) is 11.2 Å². The summed E-state index contributed by atoms with van der Waals surface area (Å²) in [4.78, 5) is 4.00. The van der Waals surface area contributed by atoms with Gasteiger partial charge in [-0.05, 0) is 46.6 Å². The lowest BCUT2D eigenvalue weighted by Gasteiger charge is -2.32. The topological polar surface area (TPSA) is 57.4 Å². The van der Waals surface area contributed by atoms with E-state index >= 15 is 0 Å². The van der Waals surface area contributed by atoms with Crippen molar-refractivity contribution >= 4 is 12.7 Å². The van der Waals surface area contributed by atoms with Crippen LogP contribution < -0.4 is 11.3 Å². The third-order valence-electron chi connectivity index (χ3n) is 4.69. The van der Waals surface area contributed by atoms with Crippen LogP contribution in [0.5, 0.6) is 0 Å². The van der Waals surface area contributed by atoms with Crippen LogP contribution in [0.2, 0.25) is 0 Å². The highest BCUT2D eigenvalue weighted by molar-refractivity contribution is 6.61. The van der Waals surface area contributed by atoms with Crippen molar-refractivity contribution in [3.63, 3.8) is 0 Å². The molecule has 0 amide bonds. The van der Waals surface area contributed by atoms with Gasteiger partial charge in [-0.15, -0.1) is 0 Å². The molecule has 0 atom stereocenters. The molecule has 2 aliphatic rings. The van der Waals surface area contributed by atoms with Gasteiger partial charge in [-0.1, -0.05) is 6.07 Å². The zero-order valence-corrected chi connectivity index (χ0v) is 12.4. The molecular weight excluding hydrogens is 258 g/mol. The van der Waals surface area contributed by atoms with Gasteiger partial charge < -0.3 is 15.0 Å². The van der Waals surface area contributed by atoms with E-state index in [1.165, 1.54) is 0 Å². The van der Waals surface area contributed by atoms with Gasteiger partial charge in [-0.25, -0.2) is 4.98 Å². The van der Waals surface area contributed by atoms with Crippen molar-refractivity contribution in [1.29, 1.82) is 0 Å². The van der Waals surface area contributed by atoms with Crippen LogP contribution in [0.25, 0.3) is 0 Å². The van der Waals surface area contributed by atoms with E-state index < -0.39 is 29.8 Å². The lowest BCUT2D eigenvalue weighted by molar-refractivity contribution is 0.00578. The Morgan fingerprint density at radius 3 is 2.15 bits per heavy atom. The third kappa shape index (κ3) is 2.06. The fraction of sp³-hybridized carbons (Fsp3) is 0.643. The molecular formula is C14H20BFN2O2. The van der Waals surface area contributed by atoms with Gasteiger partial charge in [-0.2, -0.15) is 4.39 Å². The first-order valence-corrected chi connectivity index (χ1v) is 6.96. The molecule has 1 aliphatic carbocycles. The zero-order valence-electron chi connectivity index (χ0n) is 12.4. The molecule has 2 fully saturated rings. The first-order valence-electron chi connectivity index (χ1n) is 6.96. The van der Waals surface area contributed by atoms with Gasteiger partial charge in [0, 0.05) is 11.1 Å². The van der Waals surface area contributed by atoms with Gasteiger partial charge in [-0.3, -0.25) is 0 Å². The summed E-state index contributed by atoms with van der Waals surface area (Å²) in [6, 6.07) is 3.45. The number of hydrogen-bond acceptors (Lipinski definition) is 4. The summed E-state index contributed by atoms with van der Waals surface area (Å²) in [5.41, 5.74) is 5.51. The fourth-order valence-electron chi connectivity index (χ4n) is 2.32. The summed E-state index contributed by atoms with van der Waals surface area (Å²) >= 11 is 0. The molecule has 2 N–H and O–H groups in total. The first-order chi connectivity index (χ1) is 9.15. The molecule has 3 rings (SSSR count). The molecule has 0 unspecified atom stereocenters. The number of pyridine rings is 1. The van der Waals surface area contributed by atoms with Gasteiger partial charge in [0.2, 0.25) is 5.95 Å². The van der Waals surface area contributed by atoms with Crippen LogP contribution in [-0.2, 0) is 14.8 Å². The summed E-state index contributed by atoms with van der Waals surface area (Å²) in [6.07, 6.45) is 1.61. The Kier molecular flexibility index (Phi) is 2.81. The van der Waals surface area contributed by atoms with Gasteiger partial charge in [0.25, 0.3) is 0 Å². The van der Waals surface area contributed by atoms with Crippen LogP contribution in [-0.4, -0.2) is 23.3 Å². The van der Waals surface area contributed by atoms with Crippen molar-refractivity contribution in [2.45, 2.75) is 57.3 Å². The number of rotatable bonds is 2. The predicted molar refractivity (Wildman–Crippen MR) is 75.0 cm³/mol. The van der Waals surface area contributed by atoms with E-state index in [4.69, 9.17) is 15.0 Å². The Bertz CT molecular complexity index is 542. The standard InChI is InChI=1S/C14H20BFN2O2/c1-12(2)13(3,4)20-15(19-12)10-6-5-9(11(16)18-10)14(17)7-8-14/h5-6H,7-8,17H2,1-4H3. The average Bonchev–Trinajstić information content (AvgIpc) is 3.01. The monoisotopic (exact) mass is 278 g/mol. The van der Waals surface area contributed by atoms with Crippen molar-refractivity contribution < 1.29 is 13.7 Å². The summed E-state index contributed by atoms with van der Waals surface area (Å²) in [7, 11) is -0.642. The molecule has 6 heteroatoms. The Hall–Kier alpha value is -0.975. The average molecular weight is 278 g/mol. The molecule has 1 aromatic rings. The minimum atomic E-state index is -0.642. The third-order valence-corrected chi connectivity index (χ3v) is 4.69. The van der Waals surface area contributed by atoms with Gasteiger partial charge in [0.1, 0.15) is 0 Å².